The zero-order valence-corrected chi connectivity index (χ0v) is 20.7. The van der Waals surface area contributed by atoms with Crippen LogP contribution >= 0.6 is 11.6 Å². The fourth-order valence-corrected chi connectivity index (χ4v) is 3.86. The van der Waals surface area contributed by atoms with E-state index in [1.807, 2.05) is 42.5 Å². The van der Waals surface area contributed by atoms with Crippen LogP contribution in [0.3, 0.4) is 0 Å². The molecule has 0 aliphatic rings. The van der Waals surface area contributed by atoms with Gasteiger partial charge < -0.3 is 24.4 Å². The van der Waals surface area contributed by atoms with Gasteiger partial charge in [0.2, 0.25) is 5.91 Å². The predicted molar refractivity (Wildman–Crippen MR) is 135 cm³/mol. The van der Waals surface area contributed by atoms with Crippen LogP contribution in [-0.4, -0.2) is 50.6 Å². The molecular weight excluding hydrogens is 468 g/mol. The molecule has 3 rings (SSSR count). The number of halogens is 1. The molecular formula is C27H29ClN2O5. The maximum atomic E-state index is 13.5. The minimum absolute atomic E-state index is 0.190. The highest BCUT2D eigenvalue weighted by Crippen LogP contribution is 2.27. The van der Waals surface area contributed by atoms with Gasteiger partial charge in [-0.3, -0.25) is 9.59 Å². The van der Waals surface area contributed by atoms with Crippen molar-refractivity contribution in [2.75, 3.05) is 27.9 Å². The van der Waals surface area contributed by atoms with Crippen LogP contribution in [0.2, 0.25) is 5.02 Å². The van der Waals surface area contributed by atoms with Crippen molar-refractivity contribution in [3.63, 3.8) is 0 Å². The zero-order chi connectivity index (χ0) is 25.2. The fourth-order valence-electron chi connectivity index (χ4n) is 3.65. The molecule has 35 heavy (non-hydrogen) atoms. The standard InChI is InChI=1S/C27H29ClN2O5/c1-29-27(32)25(13-19-8-5-4-6-9-19)30(17-20-10-7-11-21(28)12-20)26(31)18-35-24-15-22(33-2)14-23(16-24)34-3/h4-12,14-16,25H,13,17-18H2,1-3H3,(H,29,32)/t25-/m0/s1. The van der Waals surface area contributed by atoms with Crippen molar-refractivity contribution in [2.24, 2.45) is 0 Å². The van der Waals surface area contributed by atoms with Gasteiger partial charge in [-0.15, -0.1) is 0 Å². The number of hydrogen-bond donors (Lipinski definition) is 1. The monoisotopic (exact) mass is 496 g/mol. The van der Waals surface area contributed by atoms with Gasteiger partial charge in [0.1, 0.15) is 23.3 Å². The third kappa shape index (κ3) is 7.39. The van der Waals surface area contributed by atoms with Gasteiger partial charge in [-0.1, -0.05) is 54.1 Å². The Hall–Kier alpha value is -3.71. The molecule has 3 aromatic rings. The lowest BCUT2D eigenvalue weighted by Gasteiger charge is -2.31. The molecule has 2 amide bonds. The maximum Gasteiger partial charge on any atom is 0.261 e. The Morgan fingerprint density at radius 1 is 0.886 bits per heavy atom. The van der Waals surface area contributed by atoms with Crippen LogP contribution in [0.15, 0.2) is 72.8 Å². The summed E-state index contributed by atoms with van der Waals surface area (Å²) in [6.07, 6.45) is 0.347. The lowest BCUT2D eigenvalue weighted by molar-refractivity contribution is -0.142. The van der Waals surface area contributed by atoms with Crippen molar-refractivity contribution in [1.82, 2.24) is 10.2 Å². The highest BCUT2D eigenvalue weighted by molar-refractivity contribution is 6.30. The molecule has 1 atom stereocenters. The molecule has 0 bridgehead atoms. The van der Waals surface area contributed by atoms with Crippen molar-refractivity contribution < 1.29 is 23.8 Å². The van der Waals surface area contributed by atoms with Gasteiger partial charge in [-0.05, 0) is 23.3 Å². The fraction of sp³-hybridized carbons (Fsp3) is 0.259. The molecule has 0 aromatic heterocycles. The Bertz CT molecular complexity index is 1120. The summed E-state index contributed by atoms with van der Waals surface area (Å²) in [6, 6.07) is 21.1. The number of nitrogens with zero attached hydrogens (tertiary/aromatic N) is 1. The average Bonchev–Trinajstić information content (AvgIpc) is 2.89. The molecule has 0 radical (unpaired) electrons. The maximum absolute atomic E-state index is 13.5. The normalized spacial score (nSPS) is 11.3. The van der Waals surface area contributed by atoms with E-state index in [9.17, 15) is 9.59 Å². The number of nitrogens with one attached hydrogen (secondary N) is 1. The number of carbonyl (C=O) groups excluding carboxylic acids is 2. The van der Waals surface area contributed by atoms with E-state index in [1.54, 1.807) is 37.4 Å². The third-order valence-corrected chi connectivity index (χ3v) is 5.68. The second-order valence-electron chi connectivity index (χ2n) is 7.81. The summed E-state index contributed by atoms with van der Waals surface area (Å²) >= 11 is 6.17. The van der Waals surface area contributed by atoms with Crippen LogP contribution in [-0.2, 0) is 22.6 Å². The lowest BCUT2D eigenvalue weighted by atomic mass is 10.0. The number of rotatable bonds is 11. The average molecular weight is 497 g/mol. The smallest absolute Gasteiger partial charge is 0.261 e. The number of methoxy groups -OCH3 is 2. The number of hydrogen-bond acceptors (Lipinski definition) is 5. The summed E-state index contributed by atoms with van der Waals surface area (Å²) in [6.45, 7) is -0.0890. The molecule has 0 aliphatic carbocycles. The summed E-state index contributed by atoms with van der Waals surface area (Å²) in [4.78, 5) is 28.0. The van der Waals surface area contributed by atoms with Crippen LogP contribution in [0.25, 0.3) is 0 Å². The van der Waals surface area contributed by atoms with Crippen molar-refractivity contribution in [2.45, 2.75) is 19.0 Å². The first-order chi connectivity index (χ1) is 16.9. The van der Waals surface area contributed by atoms with Gasteiger partial charge in [-0.2, -0.15) is 0 Å². The Kier molecular flexibility index (Phi) is 9.38. The molecule has 0 spiro atoms. The molecule has 0 saturated heterocycles. The van der Waals surface area contributed by atoms with Gasteiger partial charge in [0, 0.05) is 43.2 Å². The van der Waals surface area contributed by atoms with E-state index in [1.165, 1.54) is 19.1 Å². The van der Waals surface area contributed by atoms with E-state index in [2.05, 4.69) is 5.32 Å². The van der Waals surface area contributed by atoms with Crippen molar-refractivity contribution in [1.29, 1.82) is 0 Å². The molecule has 184 valence electrons. The second kappa shape index (κ2) is 12.7. The van der Waals surface area contributed by atoms with Gasteiger partial charge >= 0.3 is 0 Å². The quantitative estimate of drug-likeness (QED) is 0.432. The molecule has 0 heterocycles. The van der Waals surface area contributed by atoms with E-state index in [-0.39, 0.29) is 25.0 Å². The Labute approximate surface area is 210 Å². The van der Waals surface area contributed by atoms with Gasteiger partial charge in [0.25, 0.3) is 5.91 Å². The molecule has 0 fully saturated rings. The first-order valence-corrected chi connectivity index (χ1v) is 11.5. The van der Waals surface area contributed by atoms with Gasteiger partial charge in [-0.25, -0.2) is 0 Å². The zero-order valence-electron chi connectivity index (χ0n) is 20.0. The second-order valence-corrected chi connectivity index (χ2v) is 8.24. The van der Waals surface area contributed by atoms with Crippen LogP contribution < -0.4 is 19.5 Å². The van der Waals surface area contributed by atoms with Crippen LogP contribution in [0, 0.1) is 0 Å². The third-order valence-electron chi connectivity index (χ3n) is 5.45. The largest absolute Gasteiger partial charge is 0.496 e. The van der Waals surface area contributed by atoms with E-state index in [0.717, 1.165) is 11.1 Å². The van der Waals surface area contributed by atoms with Crippen molar-refractivity contribution in [3.05, 3.63) is 88.9 Å². The molecule has 0 saturated carbocycles. The summed E-state index contributed by atoms with van der Waals surface area (Å²) in [5.41, 5.74) is 1.74. The van der Waals surface area contributed by atoms with Gasteiger partial charge in [0.15, 0.2) is 6.61 Å². The highest BCUT2D eigenvalue weighted by Gasteiger charge is 2.30. The van der Waals surface area contributed by atoms with E-state index in [0.29, 0.717) is 28.7 Å². The molecule has 0 aliphatic heterocycles. The number of benzene rings is 3. The number of carbonyl (C=O) groups is 2. The summed E-state index contributed by atoms with van der Waals surface area (Å²) in [5.74, 6) is 0.866. The van der Waals surface area contributed by atoms with Crippen molar-refractivity contribution >= 4 is 23.4 Å². The van der Waals surface area contributed by atoms with Crippen LogP contribution in [0.4, 0.5) is 0 Å². The number of amides is 2. The van der Waals surface area contributed by atoms with E-state index >= 15 is 0 Å². The molecule has 3 aromatic carbocycles. The number of ether oxygens (including phenoxy) is 3. The lowest BCUT2D eigenvalue weighted by Crippen LogP contribution is -2.51. The Morgan fingerprint density at radius 2 is 1.51 bits per heavy atom. The van der Waals surface area contributed by atoms with Crippen LogP contribution in [0.1, 0.15) is 11.1 Å². The van der Waals surface area contributed by atoms with E-state index < -0.39 is 6.04 Å². The van der Waals surface area contributed by atoms with Crippen molar-refractivity contribution in [3.8, 4) is 17.2 Å². The van der Waals surface area contributed by atoms with E-state index in [4.69, 9.17) is 25.8 Å². The minimum Gasteiger partial charge on any atom is -0.496 e. The summed E-state index contributed by atoms with van der Waals surface area (Å²) in [7, 11) is 4.63. The Morgan fingerprint density at radius 3 is 2.11 bits per heavy atom. The Balaban J connectivity index is 1.88. The summed E-state index contributed by atoms with van der Waals surface area (Å²) < 4.78 is 16.3. The molecule has 1 N–H and O–H groups in total. The SMILES string of the molecule is CNC(=O)[C@H](Cc1ccccc1)N(Cc1cccc(Cl)c1)C(=O)COc1cc(OC)cc(OC)c1. The van der Waals surface area contributed by atoms with Crippen LogP contribution in [0.5, 0.6) is 17.2 Å². The predicted octanol–water partition coefficient (Wildman–Crippen LogP) is 4.12. The first kappa shape index (κ1) is 25.9. The van der Waals surface area contributed by atoms with Gasteiger partial charge in [0.05, 0.1) is 14.2 Å². The minimum atomic E-state index is -0.752. The number of likely N-dealkylation sites (N-methyl/N-ethyl adjacent to an activating group) is 1. The summed E-state index contributed by atoms with van der Waals surface area (Å²) in [5, 5.41) is 3.24. The topological polar surface area (TPSA) is 77.1 Å². The highest BCUT2D eigenvalue weighted by atomic mass is 35.5. The first-order valence-electron chi connectivity index (χ1n) is 11.1. The molecule has 7 nitrogen and oxygen atoms in total. The molecule has 0 unspecified atom stereocenters. The molecule has 8 heteroatoms.